The van der Waals surface area contributed by atoms with Crippen LogP contribution in [0.15, 0.2) is 30.2 Å². The van der Waals surface area contributed by atoms with Gasteiger partial charge >= 0.3 is 0 Å². The van der Waals surface area contributed by atoms with Crippen LogP contribution in [-0.4, -0.2) is 20.7 Å². The number of rotatable bonds is 7. The maximum absolute atomic E-state index is 12.4. The zero-order chi connectivity index (χ0) is 16.1. The van der Waals surface area contributed by atoms with Gasteiger partial charge in [0.15, 0.2) is 10.6 Å². The lowest BCUT2D eigenvalue weighted by Gasteiger charge is -2.20. The number of hydrogen-bond donors (Lipinski definition) is 2. The third-order valence-electron chi connectivity index (χ3n) is 3.17. The molecule has 0 bridgehead atoms. The summed E-state index contributed by atoms with van der Waals surface area (Å²) in [5, 5.41) is 12.1. The molecule has 2 heterocycles. The largest absolute Gasteiger partial charge is 0.341 e. The van der Waals surface area contributed by atoms with Gasteiger partial charge in [0.25, 0.3) is 5.91 Å². The molecule has 118 valence electrons. The highest BCUT2D eigenvalue weighted by molar-refractivity contribution is 7.71. The zero-order valence-electron chi connectivity index (χ0n) is 12.7. The Morgan fingerprint density at radius 1 is 1.64 bits per heavy atom. The van der Waals surface area contributed by atoms with E-state index < -0.39 is 0 Å². The SMILES string of the molecule is C=CCn1c([C@H](CC(C)C)NC(=O)c2cccs2)n[nH]c1=S. The van der Waals surface area contributed by atoms with Crippen LogP contribution in [0, 0.1) is 10.7 Å². The van der Waals surface area contributed by atoms with E-state index in [0.29, 0.717) is 22.1 Å². The molecule has 0 aliphatic carbocycles. The van der Waals surface area contributed by atoms with Gasteiger partial charge in [-0.3, -0.25) is 14.5 Å². The second-order valence-corrected chi connectivity index (χ2v) is 6.75. The van der Waals surface area contributed by atoms with Gasteiger partial charge in [-0.1, -0.05) is 26.0 Å². The van der Waals surface area contributed by atoms with E-state index in [9.17, 15) is 4.79 Å². The molecule has 0 aliphatic heterocycles. The van der Waals surface area contributed by atoms with Crippen molar-refractivity contribution in [2.24, 2.45) is 5.92 Å². The number of carbonyl (C=O) groups excluding carboxylic acids is 1. The van der Waals surface area contributed by atoms with Crippen molar-refractivity contribution in [3.05, 3.63) is 45.6 Å². The summed E-state index contributed by atoms with van der Waals surface area (Å²) in [6.07, 6.45) is 2.55. The molecule has 2 rings (SSSR count). The van der Waals surface area contributed by atoms with Crippen LogP contribution in [-0.2, 0) is 6.54 Å². The summed E-state index contributed by atoms with van der Waals surface area (Å²) in [5.41, 5.74) is 0. The number of H-pyrrole nitrogens is 1. The molecule has 2 aromatic heterocycles. The number of aromatic nitrogens is 3. The monoisotopic (exact) mass is 336 g/mol. The molecule has 0 unspecified atom stereocenters. The van der Waals surface area contributed by atoms with Gasteiger partial charge in [0.05, 0.1) is 10.9 Å². The van der Waals surface area contributed by atoms with Gasteiger partial charge in [0.1, 0.15) is 0 Å². The maximum Gasteiger partial charge on any atom is 0.261 e. The lowest BCUT2D eigenvalue weighted by Crippen LogP contribution is -2.31. The summed E-state index contributed by atoms with van der Waals surface area (Å²) in [6, 6.07) is 3.49. The van der Waals surface area contributed by atoms with Crippen molar-refractivity contribution in [1.29, 1.82) is 0 Å². The fourth-order valence-corrected chi connectivity index (χ4v) is 3.08. The highest BCUT2D eigenvalue weighted by atomic mass is 32.1. The van der Waals surface area contributed by atoms with Crippen LogP contribution in [0.1, 0.15) is 41.8 Å². The summed E-state index contributed by atoms with van der Waals surface area (Å²) >= 11 is 6.67. The van der Waals surface area contributed by atoms with Gasteiger partial charge in [0, 0.05) is 6.54 Å². The molecular weight excluding hydrogens is 316 g/mol. The third-order valence-corrected chi connectivity index (χ3v) is 4.35. The highest BCUT2D eigenvalue weighted by Gasteiger charge is 2.22. The van der Waals surface area contributed by atoms with E-state index in [-0.39, 0.29) is 11.9 Å². The Morgan fingerprint density at radius 2 is 2.41 bits per heavy atom. The van der Waals surface area contributed by atoms with Gasteiger partial charge in [-0.05, 0) is 36.0 Å². The van der Waals surface area contributed by atoms with E-state index in [2.05, 4.69) is 35.9 Å². The first-order valence-electron chi connectivity index (χ1n) is 7.13. The topological polar surface area (TPSA) is 62.7 Å². The van der Waals surface area contributed by atoms with Crippen molar-refractivity contribution in [3.8, 4) is 0 Å². The third kappa shape index (κ3) is 3.92. The minimum atomic E-state index is -0.192. The molecule has 1 atom stereocenters. The van der Waals surface area contributed by atoms with Crippen LogP contribution < -0.4 is 5.32 Å². The first-order chi connectivity index (χ1) is 10.5. The fraction of sp³-hybridized carbons (Fsp3) is 0.400. The van der Waals surface area contributed by atoms with Crippen molar-refractivity contribution in [1.82, 2.24) is 20.1 Å². The van der Waals surface area contributed by atoms with E-state index in [1.54, 1.807) is 6.08 Å². The van der Waals surface area contributed by atoms with E-state index in [1.807, 2.05) is 22.1 Å². The van der Waals surface area contributed by atoms with Gasteiger partial charge in [0.2, 0.25) is 0 Å². The summed E-state index contributed by atoms with van der Waals surface area (Å²) in [6.45, 7) is 8.54. The number of hydrogen-bond acceptors (Lipinski definition) is 4. The second-order valence-electron chi connectivity index (χ2n) is 5.42. The maximum atomic E-state index is 12.4. The number of thiophene rings is 1. The lowest BCUT2D eigenvalue weighted by molar-refractivity contribution is 0.0933. The Kier molecular flexibility index (Phi) is 5.68. The summed E-state index contributed by atoms with van der Waals surface area (Å²) in [4.78, 5) is 13.0. The van der Waals surface area contributed by atoms with Crippen molar-refractivity contribution in [2.75, 3.05) is 0 Å². The summed E-state index contributed by atoms with van der Waals surface area (Å²) in [5.74, 6) is 1.07. The normalized spacial score (nSPS) is 12.3. The zero-order valence-corrected chi connectivity index (χ0v) is 14.3. The van der Waals surface area contributed by atoms with Crippen LogP contribution in [0.4, 0.5) is 0 Å². The Labute approximate surface area is 139 Å². The van der Waals surface area contributed by atoms with E-state index >= 15 is 0 Å². The van der Waals surface area contributed by atoms with E-state index in [0.717, 1.165) is 12.2 Å². The summed E-state index contributed by atoms with van der Waals surface area (Å²) in [7, 11) is 0. The van der Waals surface area contributed by atoms with Crippen LogP contribution in [0.25, 0.3) is 0 Å². The number of carbonyl (C=O) groups is 1. The van der Waals surface area contributed by atoms with Crippen LogP contribution in [0.2, 0.25) is 0 Å². The molecule has 0 spiro atoms. The Bertz CT molecular complexity index is 685. The van der Waals surface area contributed by atoms with Gasteiger partial charge < -0.3 is 5.32 Å². The molecule has 2 N–H and O–H groups in total. The smallest absolute Gasteiger partial charge is 0.261 e. The molecule has 5 nitrogen and oxygen atoms in total. The molecule has 0 aliphatic rings. The van der Waals surface area contributed by atoms with Gasteiger partial charge in [-0.15, -0.1) is 17.9 Å². The lowest BCUT2D eigenvalue weighted by atomic mass is 10.0. The van der Waals surface area contributed by atoms with Crippen molar-refractivity contribution in [2.45, 2.75) is 32.9 Å². The Morgan fingerprint density at radius 3 is 3.00 bits per heavy atom. The first-order valence-corrected chi connectivity index (χ1v) is 8.42. The van der Waals surface area contributed by atoms with Crippen LogP contribution >= 0.6 is 23.6 Å². The minimum absolute atomic E-state index is 0.0836. The van der Waals surface area contributed by atoms with Crippen LogP contribution in [0.5, 0.6) is 0 Å². The standard InChI is InChI=1S/C15H20N4OS2/c1-4-7-19-13(17-18-15(19)21)11(9-10(2)3)16-14(20)12-6-5-8-22-12/h4-6,8,10-11H,1,7,9H2,2-3H3,(H,16,20)(H,18,21)/t11-/m0/s1. The number of amides is 1. The highest BCUT2D eigenvalue weighted by Crippen LogP contribution is 2.21. The number of nitrogens with zero attached hydrogens (tertiary/aromatic N) is 2. The average Bonchev–Trinajstić information content (AvgIpc) is 3.09. The van der Waals surface area contributed by atoms with Crippen molar-refractivity contribution < 1.29 is 4.79 Å². The molecule has 7 heteroatoms. The quantitative estimate of drug-likeness (QED) is 0.598. The predicted molar refractivity (Wildman–Crippen MR) is 91.6 cm³/mol. The second kappa shape index (κ2) is 7.51. The minimum Gasteiger partial charge on any atom is -0.341 e. The van der Waals surface area contributed by atoms with E-state index in [1.165, 1.54) is 11.3 Å². The number of allylic oxidation sites excluding steroid dienone is 1. The number of aromatic amines is 1. The average molecular weight is 336 g/mol. The van der Waals surface area contributed by atoms with Gasteiger partial charge in [-0.2, -0.15) is 5.10 Å². The van der Waals surface area contributed by atoms with Crippen molar-refractivity contribution >= 4 is 29.5 Å². The van der Waals surface area contributed by atoms with E-state index in [4.69, 9.17) is 12.2 Å². The molecule has 0 saturated carbocycles. The summed E-state index contributed by atoms with van der Waals surface area (Å²) < 4.78 is 2.40. The molecule has 1 amide bonds. The molecule has 0 aromatic carbocycles. The van der Waals surface area contributed by atoms with Gasteiger partial charge in [-0.25, -0.2) is 0 Å². The first kappa shape index (κ1) is 16.6. The Balaban J connectivity index is 2.28. The molecular formula is C15H20N4OS2. The number of nitrogens with one attached hydrogen (secondary N) is 2. The molecule has 0 saturated heterocycles. The molecule has 22 heavy (non-hydrogen) atoms. The molecule has 0 radical (unpaired) electrons. The predicted octanol–water partition coefficient (Wildman–Crippen LogP) is 3.71. The molecule has 0 fully saturated rings. The fourth-order valence-electron chi connectivity index (χ4n) is 2.24. The van der Waals surface area contributed by atoms with Crippen LogP contribution in [0.3, 0.4) is 0 Å². The van der Waals surface area contributed by atoms with Crippen molar-refractivity contribution in [3.63, 3.8) is 0 Å². The Hall–Kier alpha value is -1.73. The molecule has 2 aromatic rings.